The quantitative estimate of drug-likeness (QED) is 0.749. The molecule has 0 amide bonds. The fourth-order valence-electron chi connectivity index (χ4n) is 1.30. The average molecular weight is 334 g/mol. The molecule has 0 aliphatic carbocycles. The van der Waals surface area contributed by atoms with Gasteiger partial charge in [0, 0.05) is 0 Å². The first kappa shape index (κ1) is 11.2. The number of rotatable bonds is 1. The Labute approximate surface area is 96.3 Å². The van der Waals surface area contributed by atoms with Crippen molar-refractivity contribution in [3.8, 4) is 0 Å². The molecule has 2 nitrogen and oxygen atoms in total. The summed E-state index contributed by atoms with van der Waals surface area (Å²) >= 11 is 3.54. The molecule has 0 atom stereocenters. The molecule has 2 rings (SSSR count). The summed E-state index contributed by atoms with van der Waals surface area (Å²) in [7, 11) is 0. The van der Waals surface area contributed by atoms with E-state index < -0.39 is 24.2 Å². The van der Waals surface area contributed by atoms with E-state index in [9.17, 15) is 4.39 Å². The van der Waals surface area contributed by atoms with Gasteiger partial charge in [-0.05, 0) is 0 Å². The zero-order valence-corrected chi connectivity index (χ0v) is 12.4. The molecule has 0 aliphatic heterocycles. The first-order valence-corrected chi connectivity index (χ1v) is 15.0. The molecule has 0 aliphatic rings. The number of furan rings is 1. The Bertz CT molecular complexity index is 518. The average Bonchev–Trinajstić information content (AvgIpc) is 2.55. The SMILES string of the molecule is [CH3][Sn]([CH3])([CH3])[c]1cc2ncc(F)c(Cl)c2o1. The van der Waals surface area contributed by atoms with E-state index in [0.717, 1.165) is 9.97 Å². The van der Waals surface area contributed by atoms with Gasteiger partial charge in [0.1, 0.15) is 0 Å². The Balaban J connectivity index is 2.72. The molecule has 15 heavy (non-hydrogen) atoms. The molecule has 0 fully saturated rings. The van der Waals surface area contributed by atoms with Crippen LogP contribution >= 0.6 is 11.6 Å². The summed E-state index contributed by atoms with van der Waals surface area (Å²) in [6.45, 7) is 0. The van der Waals surface area contributed by atoms with Gasteiger partial charge < -0.3 is 0 Å². The van der Waals surface area contributed by atoms with E-state index in [2.05, 4.69) is 19.8 Å². The molecule has 0 saturated heterocycles. The third-order valence-electron chi connectivity index (χ3n) is 2.18. The van der Waals surface area contributed by atoms with Gasteiger partial charge in [-0.15, -0.1) is 0 Å². The van der Waals surface area contributed by atoms with Crippen molar-refractivity contribution in [2.45, 2.75) is 14.8 Å². The van der Waals surface area contributed by atoms with Crippen molar-refractivity contribution in [2.24, 2.45) is 0 Å². The Morgan fingerprint density at radius 3 is 2.67 bits per heavy atom. The zero-order chi connectivity index (χ0) is 11.2. The van der Waals surface area contributed by atoms with E-state index in [4.69, 9.17) is 16.0 Å². The minimum atomic E-state index is -2.26. The number of hydrogen-bond acceptors (Lipinski definition) is 2. The molecule has 2 aromatic heterocycles. The summed E-state index contributed by atoms with van der Waals surface area (Å²) in [5.41, 5.74) is 1.02. The Morgan fingerprint density at radius 2 is 2.07 bits per heavy atom. The van der Waals surface area contributed by atoms with Gasteiger partial charge in [-0.2, -0.15) is 0 Å². The van der Waals surface area contributed by atoms with E-state index in [-0.39, 0.29) is 5.02 Å². The van der Waals surface area contributed by atoms with Gasteiger partial charge in [0.25, 0.3) is 0 Å². The van der Waals surface area contributed by atoms with Crippen molar-refractivity contribution in [3.05, 3.63) is 23.1 Å². The molecular formula is C10H11ClFNOSn. The second-order valence-corrected chi connectivity index (χ2v) is 19.1. The van der Waals surface area contributed by atoms with E-state index in [1.807, 2.05) is 6.07 Å². The van der Waals surface area contributed by atoms with Crippen LogP contribution in [-0.4, -0.2) is 23.4 Å². The van der Waals surface area contributed by atoms with Crippen LogP contribution < -0.4 is 3.78 Å². The van der Waals surface area contributed by atoms with Crippen LogP contribution in [0.1, 0.15) is 0 Å². The molecule has 0 unspecified atom stereocenters. The van der Waals surface area contributed by atoms with Crippen LogP contribution in [-0.2, 0) is 0 Å². The van der Waals surface area contributed by atoms with E-state index in [1.165, 1.54) is 0 Å². The number of nitrogens with zero attached hydrogens (tertiary/aromatic N) is 1. The molecular weight excluding hydrogens is 323 g/mol. The monoisotopic (exact) mass is 335 g/mol. The number of hydrogen-bond donors (Lipinski definition) is 0. The maximum absolute atomic E-state index is 13.1. The molecule has 2 heterocycles. The van der Waals surface area contributed by atoms with E-state index in [1.54, 1.807) is 0 Å². The van der Waals surface area contributed by atoms with Gasteiger partial charge in [-0.25, -0.2) is 0 Å². The predicted molar refractivity (Wildman–Crippen MR) is 62.0 cm³/mol. The Morgan fingerprint density at radius 1 is 1.40 bits per heavy atom. The molecule has 80 valence electrons. The van der Waals surface area contributed by atoms with E-state index in [0.29, 0.717) is 11.1 Å². The van der Waals surface area contributed by atoms with Gasteiger partial charge in [0.2, 0.25) is 0 Å². The number of fused-ring (bicyclic) bond motifs is 1. The summed E-state index contributed by atoms with van der Waals surface area (Å²) in [5, 5.41) is 0.0294. The van der Waals surface area contributed by atoms with Crippen molar-refractivity contribution in [3.63, 3.8) is 0 Å². The van der Waals surface area contributed by atoms with Crippen LogP contribution in [0, 0.1) is 5.82 Å². The molecule has 5 heteroatoms. The number of aromatic nitrogens is 1. The van der Waals surface area contributed by atoms with Crippen LogP contribution in [0.3, 0.4) is 0 Å². The maximum atomic E-state index is 13.1. The van der Waals surface area contributed by atoms with E-state index >= 15 is 0 Å². The van der Waals surface area contributed by atoms with Crippen molar-refractivity contribution in [1.82, 2.24) is 4.98 Å². The van der Waals surface area contributed by atoms with Crippen LogP contribution in [0.25, 0.3) is 11.1 Å². The fraction of sp³-hybridized carbons (Fsp3) is 0.300. The zero-order valence-electron chi connectivity index (χ0n) is 8.77. The normalized spacial score (nSPS) is 12.3. The molecule has 0 saturated carbocycles. The first-order valence-electron chi connectivity index (χ1n) is 4.63. The minimum absolute atomic E-state index is 0.0294. The Kier molecular flexibility index (Phi) is 2.71. The summed E-state index contributed by atoms with van der Waals surface area (Å²) in [6.07, 6.45) is 1.13. The van der Waals surface area contributed by atoms with Crippen LogP contribution in [0.5, 0.6) is 0 Å². The van der Waals surface area contributed by atoms with Crippen molar-refractivity contribution in [2.75, 3.05) is 0 Å². The van der Waals surface area contributed by atoms with Gasteiger partial charge >= 0.3 is 96.6 Å². The third-order valence-corrected chi connectivity index (χ3v) is 7.45. The number of halogens is 2. The molecule has 0 radical (unpaired) electrons. The Hall–Kier alpha value is -0.291. The van der Waals surface area contributed by atoms with Crippen molar-refractivity contribution >= 4 is 44.9 Å². The third kappa shape index (κ3) is 1.99. The summed E-state index contributed by atoms with van der Waals surface area (Å²) in [6, 6.07) is 1.89. The predicted octanol–water partition coefficient (Wildman–Crippen LogP) is 3.17. The van der Waals surface area contributed by atoms with Gasteiger partial charge in [-0.3, -0.25) is 0 Å². The summed E-state index contributed by atoms with van der Waals surface area (Å²) in [5.74, 6) is -0.533. The van der Waals surface area contributed by atoms with Crippen molar-refractivity contribution in [1.29, 1.82) is 0 Å². The molecule has 0 aromatic carbocycles. The molecule has 0 spiro atoms. The van der Waals surface area contributed by atoms with Crippen LogP contribution in [0.2, 0.25) is 19.8 Å². The van der Waals surface area contributed by atoms with Crippen LogP contribution in [0.15, 0.2) is 16.7 Å². The second kappa shape index (κ2) is 3.63. The van der Waals surface area contributed by atoms with Gasteiger partial charge in [0.15, 0.2) is 0 Å². The molecule has 0 N–H and O–H groups in total. The summed E-state index contributed by atoms with van der Waals surface area (Å²) < 4.78 is 19.7. The van der Waals surface area contributed by atoms with Crippen LogP contribution in [0.4, 0.5) is 4.39 Å². The number of pyridine rings is 1. The van der Waals surface area contributed by atoms with Crippen molar-refractivity contribution < 1.29 is 8.81 Å². The van der Waals surface area contributed by atoms with Gasteiger partial charge in [0.05, 0.1) is 0 Å². The molecule has 0 bridgehead atoms. The standard InChI is InChI=1S/C7H2ClFNO.3CH3.Sn/c8-6-4(9)3-10-5-1-2-11-7(5)6;;;;/h1,3H;3*1H3;. The first-order chi connectivity index (χ1) is 6.89. The summed E-state index contributed by atoms with van der Waals surface area (Å²) in [4.78, 5) is 10.6. The second-order valence-electron chi connectivity index (χ2n) is 4.50. The van der Waals surface area contributed by atoms with Gasteiger partial charge in [-0.1, -0.05) is 0 Å². The topological polar surface area (TPSA) is 26.0 Å². The fourth-order valence-corrected chi connectivity index (χ4v) is 4.27. The molecule has 2 aromatic rings.